The van der Waals surface area contributed by atoms with Crippen LogP contribution in [0.15, 0.2) is 0 Å². The van der Waals surface area contributed by atoms with Crippen molar-refractivity contribution in [2.75, 3.05) is 0 Å². The van der Waals surface area contributed by atoms with E-state index < -0.39 is 0 Å². The second kappa shape index (κ2) is 4.28. The minimum absolute atomic E-state index is 0.0425. The Balaban J connectivity index is 2.19. The van der Waals surface area contributed by atoms with Crippen molar-refractivity contribution < 1.29 is 34.3 Å². The Morgan fingerprint density at radius 1 is 1.30 bits per heavy atom. The number of carbonyl (C=O) groups is 1. The van der Waals surface area contributed by atoms with Gasteiger partial charge in [-0.2, -0.15) is 0 Å². The average molecular weight is 218 g/mol. The molecule has 1 aliphatic rings. The van der Waals surface area contributed by atoms with E-state index in [1.165, 1.54) is 19.3 Å². The SMILES string of the molecule is O=[C]([Zr])OC1CCCCC1. The normalized spacial score (nSPS) is 20.3. The number of hydrogen-bond donors (Lipinski definition) is 0. The summed E-state index contributed by atoms with van der Waals surface area (Å²) < 4.78 is 5.05. The molecule has 1 rings (SSSR count). The quantitative estimate of drug-likeness (QED) is 0.673. The summed E-state index contributed by atoms with van der Waals surface area (Å²) in [6.07, 6.45) is 6.19. The predicted molar refractivity (Wildman–Crippen MR) is 33.4 cm³/mol. The van der Waals surface area contributed by atoms with Gasteiger partial charge in [0.05, 0.1) is 0 Å². The molecule has 0 aromatic rings. The van der Waals surface area contributed by atoms with Crippen molar-refractivity contribution in [3.63, 3.8) is 0 Å². The van der Waals surface area contributed by atoms with Gasteiger partial charge in [0.2, 0.25) is 0 Å². The molecule has 0 radical (unpaired) electrons. The molecule has 0 amide bonds. The van der Waals surface area contributed by atoms with E-state index in [0.29, 0.717) is 0 Å². The Morgan fingerprint density at radius 2 is 1.90 bits per heavy atom. The van der Waals surface area contributed by atoms with Gasteiger partial charge in [-0.1, -0.05) is 0 Å². The zero-order valence-corrected chi connectivity index (χ0v) is 8.39. The Hall–Kier alpha value is 0.353. The minimum atomic E-state index is -0.0425. The molecule has 0 saturated heterocycles. The molecular weight excluding hydrogens is 207 g/mol. The first-order valence-corrected chi connectivity index (χ1v) is 4.94. The molecule has 1 aliphatic carbocycles. The van der Waals surface area contributed by atoms with Crippen LogP contribution in [0.3, 0.4) is 0 Å². The summed E-state index contributed by atoms with van der Waals surface area (Å²) >= 11 is 0.872. The molecule has 0 aromatic heterocycles. The molecule has 0 N–H and O–H groups in total. The molecule has 2 nitrogen and oxygen atoms in total. The van der Waals surface area contributed by atoms with Crippen LogP contribution in [0.4, 0.5) is 4.79 Å². The molecule has 0 aromatic carbocycles. The van der Waals surface area contributed by atoms with Gasteiger partial charge in [-0.25, -0.2) is 0 Å². The molecule has 1 saturated carbocycles. The monoisotopic (exact) mass is 217 g/mol. The van der Waals surface area contributed by atoms with E-state index in [9.17, 15) is 4.79 Å². The number of hydrogen-bond acceptors (Lipinski definition) is 2. The van der Waals surface area contributed by atoms with E-state index in [4.69, 9.17) is 4.74 Å². The number of ether oxygens (including phenoxy) is 1. The fourth-order valence-corrected chi connectivity index (χ4v) is 1.74. The van der Waals surface area contributed by atoms with E-state index in [-0.39, 0.29) is 9.78 Å². The Bertz CT molecular complexity index is 119. The molecule has 10 heavy (non-hydrogen) atoms. The first-order valence-electron chi connectivity index (χ1n) is 3.71. The van der Waals surface area contributed by atoms with Crippen molar-refractivity contribution >= 4 is 3.68 Å². The van der Waals surface area contributed by atoms with E-state index in [2.05, 4.69) is 0 Å². The van der Waals surface area contributed by atoms with E-state index >= 15 is 0 Å². The third-order valence-electron chi connectivity index (χ3n) is 1.83. The standard InChI is InChI=1S/C7H11O2.Zr/c8-6-9-7-4-2-1-3-5-7;/h7H,1-5H2;. The van der Waals surface area contributed by atoms with Crippen LogP contribution >= 0.6 is 0 Å². The van der Waals surface area contributed by atoms with Gasteiger partial charge in [-0.3, -0.25) is 0 Å². The predicted octanol–water partition coefficient (Wildman–Crippen LogP) is 2.00. The van der Waals surface area contributed by atoms with Crippen molar-refractivity contribution in [2.24, 2.45) is 0 Å². The fourth-order valence-electron chi connectivity index (χ4n) is 1.33. The van der Waals surface area contributed by atoms with Crippen molar-refractivity contribution in [1.29, 1.82) is 0 Å². The maximum atomic E-state index is 10.5. The summed E-state index contributed by atoms with van der Waals surface area (Å²) in [6, 6.07) is 0. The van der Waals surface area contributed by atoms with Crippen LogP contribution in [0.2, 0.25) is 0 Å². The van der Waals surface area contributed by atoms with Gasteiger partial charge in [-0.05, 0) is 0 Å². The van der Waals surface area contributed by atoms with Crippen LogP contribution in [0.5, 0.6) is 0 Å². The molecular formula is C7H11O2Zr. The van der Waals surface area contributed by atoms with Gasteiger partial charge in [0.1, 0.15) is 0 Å². The summed E-state index contributed by atoms with van der Waals surface area (Å²) in [4.78, 5) is 10.5. The first kappa shape index (κ1) is 8.45. The zero-order chi connectivity index (χ0) is 7.40. The molecule has 0 heterocycles. The van der Waals surface area contributed by atoms with Crippen LogP contribution in [0, 0.1) is 0 Å². The van der Waals surface area contributed by atoms with Crippen LogP contribution < -0.4 is 0 Å². The van der Waals surface area contributed by atoms with E-state index in [1.807, 2.05) is 0 Å². The topological polar surface area (TPSA) is 26.3 Å². The van der Waals surface area contributed by atoms with Gasteiger partial charge >= 0.3 is 76.1 Å². The van der Waals surface area contributed by atoms with E-state index in [0.717, 1.165) is 37.6 Å². The van der Waals surface area contributed by atoms with Crippen LogP contribution in [0.25, 0.3) is 0 Å². The molecule has 3 heteroatoms. The van der Waals surface area contributed by atoms with Gasteiger partial charge in [-0.15, -0.1) is 0 Å². The van der Waals surface area contributed by atoms with Gasteiger partial charge in [0, 0.05) is 0 Å². The van der Waals surface area contributed by atoms with Gasteiger partial charge in [0.15, 0.2) is 0 Å². The first-order chi connectivity index (χ1) is 4.79. The maximum absolute atomic E-state index is 10.5. The summed E-state index contributed by atoms with van der Waals surface area (Å²) in [5, 5.41) is 0. The van der Waals surface area contributed by atoms with Crippen LogP contribution in [-0.2, 0) is 29.5 Å². The van der Waals surface area contributed by atoms with Crippen molar-refractivity contribution in [3.8, 4) is 0 Å². The van der Waals surface area contributed by atoms with E-state index in [1.54, 1.807) is 0 Å². The molecule has 0 spiro atoms. The van der Waals surface area contributed by atoms with Crippen molar-refractivity contribution in [1.82, 2.24) is 0 Å². The summed E-state index contributed by atoms with van der Waals surface area (Å²) in [7, 11) is 0. The van der Waals surface area contributed by atoms with Crippen molar-refractivity contribution in [3.05, 3.63) is 0 Å². The average Bonchev–Trinajstić information content (AvgIpc) is 1.88. The second-order valence-electron chi connectivity index (χ2n) is 2.67. The molecule has 0 bridgehead atoms. The molecule has 0 atom stereocenters. The van der Waals surface area contributed by atoms with Crippen LogP contribution in [0.1, 0.15) is 32.1 Å². The third kappa shape index (κ3) is 2.96. The van der Waals surface area contributed by atoms with Gasteiger partial charge < -0.3 is 0 Å². The van der Waals surface area contributed by atoms with Crippen LogP contribution in [-0.4, -0.2) is 9.78 Å². The Morgan fingerprint density at radius 3 is 2.40 bits per heavy atom. The molecule has 0 unspecified atom stereocenters. The Labute approximate surface area is 76.2 Å². The number of carbonyl (C=O) groups excluding carboxylic acids is 1. The second-order valence-corrected chi connectivity index (χ2v) is 3.67. The molecule has 1 fully saturated rings. The Kier molecular flexibility index (Phi) is 3.61. The number of rotatable bonds is 1. The molecule has 55 valence electrons. The van der Waals surface area contributed by atoms with Gasteiger partial charge in [0.25, 0.3) is 0 Å². The van der Waals surface area contributed by atoms with Crippen molar-refractivity contribution in [2.45, 2.75) is 38.2 Å². The molecule has 0 aliphatic heterocycles. The summed E-state index contributed by atoms with van der Waals surface area (Å²) in [5.41, 5.74) is 0. The third-order valence-corrected chi connectivity index (χ3v) is 2.12. The summed E-state index contributed by atoms with van der Waals surface area (Å²) in [5.74, 6) is 0. The zero-order valence-electron chi connectivity index (χ0n) is 5.93. The summed E-state index contributed by atoms with van der Waals surface area (Å²) in [6.45, 7) is 0. The fraction of sp³-hybridized carbons (Fsp3) is 0.857.